The number of amides is 1. The number of aliphatic hydroxyl groups excluding tert-OH is 1. The molecule has 24 heavy (non-hydrogen) atoms. The Kier molecular flexibility index (Phi) is 6.62. The zero-order valence-corrected chi connectivity index (χ0v) is 12.9. The van der Waals surface area contributed by atoms with E-state index in [1.54, 1.807) is 0 Å². The van der Waals surface area contributed by atoms with Crippen LogP contribution in [0, 0.1) is 0 Å². The maximum atomic E-state index is 12.0. The molecule has 0 aliphatic heterocycles. The molecule has 2 N–H and O–H groups in total. The van der Waals surface area contributed by atoms with Crippen LogP contribution < -0.4 is 10.1 Å². The lowest BCUT2D eigenvalue weighted by Crippen LogP contribution is -2.33. The van der Waals surface area contributed by atoms with E-state index in [9.17, 15) is 18.7 Å². The summed E-state index contributed by atoms with van der Waals surface area (Å²) in [4.78, 5) is 15.7. The van der Waals surface area contributed by atoms with Crippen molar-refractivity contribution in [1.82, 2.24) is 10.3 Å². The van der Waals surface area contributed by atoms with Crippen molar-refractivity contribution < 1.29 is 23.4 Å². The van der Waals surface area contributed by atoms with E-state index in [0.717, 1.165) is 5.56 Å². The highest BCUT2D eigenvalue weighted by Crippen LogP contribution is 2.09. The Morgan fingerprint density at radius 3 is 2.58 bits per heavy atom. The lowest BCUT2D eigenvalue weighted by atomic mass is 10.1. The Bertz CT molecular complexity index is 636. The normalized spacial score (nSPS) is 12.0. The van der Waals surface area contributed by atoms with Gasteiger partial charge in [-0.3, -0.25) is 4.79 Å². The van der Waals surface area contributed by atoms with Crippen molar-refractivity contribution in [2.75, 3.05) is 13.2 Å². The molecule has 1 aromatic carbocycles. The highest BCUT2D eigenvalue weighted by Gasteiger charge is 2.11. The number of benzene rings is 1. The minimum Gasteiger partial charge on any atom is -0.472 e. The molecule has 0 aliphatic carbocycles. The van der Waals surface area contributed by atoms with E-state index in [0.29, 0.717) is 6.42 Å². The fourth-order valence-electron chi connectivity index (χ4n) is 2.02. The lowest BCUT2D eigenvalue weighted by Gasteiger charge is -2.12. The molecule has 0 radical (unpaired) electrons. The number of halogens is 2. The van der Waals surface area contributed by atoms with Crippen molar-refractivity contribution in [3.63, 3.8) is 0 Å². The molecular weight excluding hydrogens is 318 g/mol. The number of rotatable bonds is 8. The first kappa shape index (κ1) is 17.8. The first-order valence-electron chi connectivity index (χ1n) is 7.42. The average molecular weight is 336 g/mol. The molecule has 0 aliphatic rings. The summed E-state index contributed by atoms with van der Waals surface area (Å²) < 4.78 is 28.8. The quantitative estimate of drug-likeness (QED) is 0.774. The standard InChI is InChI=1S/C17H18F2N2O3/c18-15(19)11-24-16-7-6-13(9-20-16)17(23)21-10-14(22)8-12-4-2-1-3-5-12/h1-7,9,14-15,22H,8,10-11H2,(H,21,23). The van der Waals surface area contributed by atoms with Gasteiger partial charge in [0.1, 0.15) is 0 Å². The van der Waals surface area contributed by atoms with Crippen LogP contribution in [-0.2, 0) is 6.42 Å². The van der Waals surface area contributed by atoms with E-state index >= 15 is 0 Å². The van der Waals surface area contributed by atoms with E-state index in [1.807, 2.05) is 30.3 Å². The molecule has 0 saturated heterocycles. The van der Waals surface area contributed by atoms with Gasteiger partial charge in [0.2, 0.25) is 5.88 Å². The Morgan fingerprint density at radius 1 is 1.21 bits per heavy atom. The van der Waals surface area contributed by atoms with Crippen LogP contribution in [0.5, 0.6) is 5.88 Å². The maximum absolute atomic E-state index is 12.0. The average Bonchev–Trinajstić information content (AvgIpc) is 2.59. The molecule has 0 fully saturated rings. The first-order valence-corrected chi connectivity index (χ1v) is 7.42. The number of nitrogens with zero attached hydrogens (tertiary/aromatic N) is 1. The van der Waals surface area contributed by atoms with Crippen LogP contribution in [0.1, 0.15) is 15.9 Å². The van der Waals surface area contributed by atoms with Crippen molar-refractivity contribution >= 4 is 5.91 Å². The summed E-state index contributed by atoms with van der Waals surface area (Å²) in [7, 11) is 0. The zero-order valence-electron chi connectivity index (χ0n) is 12.9. The van der Waals surface area contributed by atoms with Gasteiger partial charge in [0.25, 0.3) is 12.3 Å². The van der Waals surface area contributed by atoms with Gasteiger partial charge in [0, 0.05) is 25.2 Å². The molecule has 0 saturated carbocycles. The predicted molar refractivity (Wildman–Crippen MR) is 84.2 cm³/mol. The topological polar surface area (TPSA) is 71.5 Å². The number of hydrogen-bond donors (Lipinski definition) is 2. The van der Waals surface area contributed by atoms with Gasteiger partial charge >= 0.3 is 0 Å². The second-order valence-electron chi connectivity index (χ2n) is 5.14. The van der Waals surface area contributed by atoms with Crippen LogP contribution >= 0.6 is 0 Å². The van der Waals surface area contributed by atoms with Gasteiger partial charge < -0.3 is 15.2 Å². The molecule has 5 nitrogen and oxygen atoms in total. The van der Waals surface area contributed by atoms with Crippen molar-refractivity contribution in [2.45, 2.75) is 19.0 Å². The van der Waals surface area contributed by atoms with Crippen LogP contribution in [-0.4, -0.2) is 41.7 Å². The number of ether oxygens (including phenoxy) is 1. The summed E-state index contributed by atoms with van der Waals surface area (Å²) in [6, 6.07) is 12.2. The van der Waals surface area contributed by atoms with Crippen LogP contribution in [0.25, 0.3) is 0 Å². The third kappa shape index (κ3) is 5.92. The number of aromatic nitrogens is 1. The second-order valence-corrected chi connectivity index (χ2v) is 5.14. The summed E-state index contributed by atoms with van der Waals surface area (Å²) in [6.07, 6.45) is -1.63. The lowest BCUT2D eigenvalue weighted by molar-refractivity contribution is 0.0794. The van der Waals surface area contributed by atoms with Gasteiger partial charge in [0.05, 0.1) is 11.7 Å². The Labute approximate surface area is 138 Å². The molecular formula is C17H18F2N2O3. The van der Waals surface area contributed by atoms with Crippen molar-refractivity contribution in [3.8, 4) is 5.88 Å². The summed E-state index contributed by atoms with van der Waals surface area (Å²) >= 11 is 0. The number of nitrogens with one attached hydrogen (secondary N) is 1. The molecule has 0 bridgehead atoms. The van der Waals surface area contributed by atoms with Crippen LogP contribution in [0.4, 0.5) is 8.78 Å². The minimum atomic E-state index is -2.58. The van der Waals surface area contributed by atoms with Gasteiger partial charge in [-0.2, -0.15) is 0 Å². The van der Waals surface area contributed by atoms with E-state index in [4.69, 9.17) is 4.74 Å². The molecule has 0 spiro atoms. The smallest absolute Gasteiger partial charge is 0.272 e. The van der Waals surface area contributed by atoms with E-state index in [-0.39, 0.29) is 18.0 Å². The van der Waals surface area contributed by atoms with Crippen molar-refractivity contribution in [2.24, 2.45) is 0 Å². The van der Waals surface area contributed by atoms with Gasteiger partial charge in [0.15, 0.2) is 6.61 Å². The Balaban J connectivity index is 1.79. The predicted octanol–water partition coefficient (Wildman–Crippen LogP) is 2.06. The van der Waals surface area contributed by atoms with Crippen LogP contribution in [0.3, 0.4) is 0 Å². The van der Waals surface area contributed by atoms with E-state index < -0.39 is 25.0 Å². The molecule has 1 amide bonds. The largest absolute Gasteiger partial charge is 0.472 e. The van der Waals surface area contributed by atoms with Gasteiger partial charge in [-0.05, 0) is 11.6 Å². The molecule has 2 rings (SSSR count). The molecule has 7 heteroatoms. The fourth-order valence-corrected chi connectivity index (χ4v) is 2.02. The summed E-state index contributed by atoms with van der Waals surface area (Å²) in [5, 5.41) is 12.5. The number of pyridine rings is 1. The fraction of sp³-hybridized carbons (Fsp3) is 0.294. The monoisotopic (exact) mass is 336 g/mol. The number of alkyl halides is 2. The molecule has 1 unspecified atom stereocenters. The SMILES string of the molecule is O=C(NCC(O)Cc1ccccc1)c1ccc(OCC(F)F)nc1. The van der Waals surface area contributed by atoms with E-state index in [1.165, 1.54) is 18.3 Å². The van der Waals surface area contributed by atoms with Crippen molar-refractivity contribution in [3.05, 3.63) is 59.8 Å². The summed E-state index contributed by atoms with van der Waals surface area (Å²) in [5.74, 6) is -0.383. The first-order chi connectivity index (χ1) is 11.5. The highest BCUT2D eigenvalue weighted by molar-refractivity contribution is 5.93. The Hall–Kier alpha value is -2.54. The van der Waals surface area contributed by atoms with Gasteiger partial charge in [-0.25, -0.2) is 13.8 Å². The Morgan fingerprint density at radius 2 is 1.96 bits per heavy atom. The molecule has 1 aromatic heterocycles. The van der Waals surface area contributed by atoms with Crippen LogP contribution in [0.15, 0.2) is 48.7 Å². The number of aliphatic hydroxyl groups is 1. The van der Waals surface area contributed by atoms with Gasteiger partial charge in [-0.1, -0.05) is 30.3 Å². The molecule has 2 aromatic rings. The third-order valence-electron chi connectivity index (χ3n) is 3.17. The maximum Gasteiger partial charge on any atom is 0.272 e. The minimum absolute atomic E-state index is 0.0240. The van der Waals surface area contributed by atoms with Crippen molar-refractivity contribution in [1.29, 1.82) is 0 Å². The second kappa shape index (κ2) is 8.93. The number of carbonyl (C=O) groups is 1. The number of hydrogen-bond acceptors (Lipinski definition) is 4. The molecule has 1 atom stereocenters. The summed E-state index contributed by atoms with van der Waals surface area (Å²) in [5.41, 5.74) is 1.23. The van der Waals surface area contributed by atoms with E-state index in [2.05, 4.69) is 10.3 Å². The molecule has 1 heterocycles. The number of carbonyl (C=O) groups excluding carboxylic acids is 1. The third-order valence-corrected chi connectivity index (χ3v) is 3.17. The highest BCUT2D eigenvalue weighted by atomic mass is 19.3. The van der Waals surface area contributed by atoms with Crippen LogP contribution in [0.2, 0.25) is 0 Å². The van der Waals surface area contributed by atoms with Gasteiger partial charge in [-0.15, -0.1) is 0 Å². The molecule has 128 valence electrons. The zero-order chi connectivity index (χ0) is 17.4. The summed E-state index contributed by atoms with van der Waals surface area (Å²) in [6.45, 7) is -0.651.